The standard InChI is InChI=1S/C19H27NO5/c1-5-23-17(21)12-24-16-9-7-13-6-8-15(10-14(13)11-16)20-18(22)25-19(2,3)4/h7,9,11,15H,5-6,8,10,12H2,1-4H3,(H,20,22). The van der Waals surface area contributed by atoms with Gasteiger partial charge in [0.1, 0.15) is 11.4 Å². The molecule has 1 aliphatic carbocycles. The molecule has 138 valence electrons. The fourth-order valence-corrected chi connectivity index (χ4v) is 2.77. The topological polar surface area (TPSA) is 73.9 Å². The largest absolute Gasteiger partial charge is 0.482 e. The third kappa shape index (κ3) is 6.29. The van der Waals surface area contributed by atoms with E-state index in [9.17, 15) is 9.59 Å². The molecule has 1 unspecified atom stereocenters. The molecule has 0 bridgehead atoms. The highest BCUT2D eigenvalue weighted by molar-refractivity contribution is 5.71. The number of aryl methyl sites for hydroxylation is 1. The summed E-state index contributed by atoms with van der Waals surface area (Å²) in [6, 6.07) is 5.83. The van der Waals surface area contributed by atoms with E-state index in [0.29, 0.717) is 18.8 Å². The molecule has 0 aliphatic heterocycles. The Balaban J connectivity index is 1.93. The Labute approximate surface area is 148 Å². The van der Waals surface area contributed by atoms with E-state index in [1.165, 1.54) is 5.56 Å². The first-order chi connectivity index (χ1) is 11.8. The number of hydrogen-bond acceptors (Lipinski definition) is 5. The molecule has 0 fully saturated rings. The summed E-state index contributed by atoms with van der Waals surface area (Å²) >= 11 is 0. The second-order valence-electron chi connectivity index (χ2n) is 7.11. The predicted octanol–water partition coefficient (Wildman–Crippen LogP) is 3.01. The van der Waals surface area contributed by atoms with Gasteiger partial charge in [0.2, 0.25) is 0 Å². The van der Waals surface area contributed by atoms with Crippen LogP contribution in [0.5, 0.6) is 5.75 Å². The monoisotopic (exact) mass is 349 g/mol. The molecule has 1 atom stereocenters. The smallest absolute Gasteiger partial charge is 0.407 e. The molecule has 0 saturated carbocycles. The molecular formula is C19H27NO5. The zero-order valence-electron chi connectivity index (χ0n) is 15.4. The average molecular weight is 349 g/mol. The molecular weight excluding hydrogens is 322 g/mol. The average Bonchev–Trinajstić information content (AvgIpc) is 2.51. The summed E-state index contributed by atoms with van der Waals surface area (Å²) in [5.74, 6) is 0.245. The van der Waals surface area contributed by atoms with Crippen LogP contribution < -0.4 is 10.1 Å². The number of nitrogens with one attached hydrogen (secondary N) is 1. The number of carbonyl (C=O) groups is 2. The van der Waals surface area contributed by atoms with Gasteiger partial charge in [0.25, 0.3) is 0 Å². The molecule has 25 heavy (non-hydrogen) atoms. The van der Waals surface area contributed by atoms with Crippen molar-refractivity contribution in [1.82, 2.24) is 5.32 Å². The number of rotatable bonds is 5. The number of alkyl carbamates (subject to hydrolysis) is 1. The number of hydrogen-bond donors (Lipinski definition) is 1. The lowest BCUT2D eigenvalue weighted by molar-refractivity contribution is -0.145. The highest BCUT2D eigenvalue weighted by atomic mass is 16.6. The zero-order chi connectivity index (χ0) is 18.4. The second-order valence-corrected chi connectivity index (χ2v) is 7.11. The Morgan fingerprint density at radius 2 is 2.00 bits per heavy atom. The summed E-state index contributed by atoms with van der Waals surface area (Å²) in [6.45, 7) is 7.52. The minimum Gasteiger partial charge on any atom is -0.482 e. The van der Waals surface area contributed by atoms with Crippen LogP contribution in [0.25, 0.3) is 0 Å². The van der Waals surface area contributed by atoms with Gasteiger partial charge in [-0.15, -0.1) is 0 Å². The molecule has 0 aromatic heterocycles. The van der Waals surface area contributed by atoms with Gasteiger partial charge in [-0.3, -0.25) is 0 Å². The van der Waals surface area contributed by atoms with Crippen LogP contribution in [0.15, 0.2) is 18.2 Å². The van der Waals surface area contributed by atoms with Crippen molar-refractivity contribution < 1.29 is 23.8 Å². The second kappa shape index (κ2) is 8.23. The molecule has 2 rings (SSSR count). The Morgan fingerprint density at radius 1 is 1.24 bits per heavy atom. The minimum atomic E-state index is -0.509. The normalized spacial score (nSPS) is 16.6. The maximum atomic E-state index is 11.9. The summed E-state index contributed by atoms with van der Waals surface area (Å²) in [5, 5.41) is 2.93. The summed E-state index contributed by atoms with van der Waals surface area (Å²) in [5.41, 5.74) is 1.85. The zero-order valence-corrected chi connectivity index (χ0v) is 15.4. The summed E-state index contributed by atoms with van der Waals surface area (Å²) < 4.78 is 15.6. The lowest BCUT2D eigenvalue weighted by atomic mass is 9.88. The highest BCUT2D eigenvalue weighted by Gasteiger charge is 2.23. The Hall–Kier alpha value is -2.24. The Kier molecular flexibility index (Phi) is 6.28. The molecule has 0 saturated heterocycles. The van der Waals surface area contributed by atoms with E-state index in [1.54, 1.807) is 6.92 Å². The first-order valence-electron chi connectivity index (χ1n) is 8.66. The Morgan fingerprint density at radius 3 is 2.68 bits per heavy atom. The molecule has 0 heterocycles. The van der Waals surface area contributed by atoms with Crippen molar-refractivity contribution in [3.8, 4) is 5.75 Å². The lowest BCUT2D eigenvalue weighted by Crippen LogP contribution is -2.41. The highest BCUT2D eigenvalue weighted by Crippen LogP contribution is 2.26. The SMILES string of the molecule is CCOC(=O)COc1ccc2c(c1)CC(NC(=O)OC(C)(C)C)CC2. The van der Waals surface area contributed by atoms with E-state index >= 15 is 0 Å². The van der Waals surface area contributed by atoms with Crippen molar-refractivity contribution in [2.24, 2.45) is 0 Å². The number of fused-ring (bicyclic) bond motifs is 1. The van der Waals surface area contributed by atoms with Gasteiger partial charge in [-0.1, -0.05) is 6.07 Å². The van der Waals surface area contributed by atoms with E-state index in [4.69, 9.17) is 14.2 Å². The summed E-state index contributed by atoms with van der Waals surface area (Å²) in [6.07, 6.45) is 2.07. The fraction of sp³-hybridized carbons (Fsp3) is 0.579. The van der Waals surface area contributed by atoms with Gasteiger partial charge in [-0.25, -0.2) is 9.59 Å². The molecule has 0 radical (unpaired) electrons. The first kappa shape index (κ1) is 19.1. The van der Waals surface area contributed by atoms with Gasteiger partial charge >= 0.3 is 12.1 Å². The van der Waals surface area contributed by atoms with E-state index in [1.807, 2.05) is 39.0 Å². The van der Waals surface area contributed by atoms with Crippen LogP contribution in [0.1, 0.15) is 45.2 Å². The number of carbonyl (C=O) groups excluding carboxylic acids is 2. The fourth-order valence-electron chi connectivity index (χ4n) is 2.77. The van der Waals surface area contributed by atoms with Crippen molar-refractivity contribution in [2.45, 2.75) is 58.6 Å². The maximum absolute atomic E-state index is 11.9. The van der Waals surface area contributed by atoms with Crippen LogP contribution in [0, 0.1) is 0 Å². The summed E-state index contributed by atoms with van der Waals surface area (Å²) in [7, 11) is 0. The van der Waals surface area contributed by atoms with Gasteiger partial charge < -0.3 is 19.5 Å². The van der Waals surface area contributed by atoms with Crippen LogP contribution in [-0.4, -0.2) is 36.9 Å². The predicted molar refractivity (Wildman–Crippen MR) is 93.8 cm³/mol. The van der Waals surface area contributed by atoms with Gasteiger partial charge in [0, 0.05) is 6.04 Å². The van der Waals surface area contributed by atoms with Crippen LogP contribution in [0.3, 0.4) is 0 Å². The maximum Gasteiger partial charge on any atom is 0.407 e. The minimum absolute atomic E-state index is 0.0302. The number of benzene rings is 1. The first-order valence-corrected chi connectivity index (χ1v) is 8.66. The molecule has 6 nitrogen and oxygen atoms in total. The van der Waals surface area contributed by atoms with Crippen molar-refractivity contribution in [1.29, 1.82) is 0 Å². The Bertz CT molecular complexity index is 621. The molecule has 1 aliphatic rings. The third-order valence-corrected chi connectivity index (χ3v) is 3.79. The van der Waals surface area contributed by atoms with Crippen LogP contribution in [0.4, 0.5) is 4.79 Å². The number of ether oxygens (including phenoxy) is 3. The quantitative estimate of drug-likeness (QED) is 0.827. The summed E-state index contributed by atoms with van der Waals surface area (Å²) in [4.78, 5) is 23.3. The van der Waals surface area contributed by atoms with Gasteiger partial charge in [0.05, 0.1) is 6.61 Å². The number of esters is 1. The lowest BCUT2D eigenvalue weighted by Gasteiger charge is -2.27. The van der Waals surface area contributed by atoms with Gasteiger partial charge in [-0.05, 0) is 70.2 Å². The molecule has 1 N–H and O–H groups in total. The van der Waals surface area contributed by atoms with Crippen molar-refractivity contribution >= 4 is 12.1 Å². The van der Waals surface area contributed by atoms with Crippen LogP contribution in [-0.2, 0) is 27.1 Å². The van der Waals surface area contributed by atoms with E-state index in [0.717, 1.165) is 18.4 Å². The van der Waals surface area contributed by atoms with Crippen molar-refractivity contribution in [3.63, 3.8) is 0 Å². The van der Waals surface area contributed by atoms with Crippen LogP contribution >= 0.6 is 0 Å². The molecule has 0 spiro atoms. The number of amides is 1. The van der Waals surface area contributed by atoms with Crippen molar-refractivity contribution in [2.75, 3.05) is 13.2 Å². The molecule has 1 aromatic carbocycles. The third-order valence-electron chi connectivity index (χ3n) is 3.79. The molecule has 1 amide bonds. The van der Waals surface area contributed by atoms with E-state index < -0.39 is 11.7 Å². The van der Waals surface area contributed by atoms with Crippen molar-refractivity contribution in [3.05, 3.63) is 29.3 Å². The van der Waals surface area contributed by atoms with Gasteiger partial charge in [-0.2, -0.15) is 0 Å². The van der Waals surface area contributed by atoms with E-state index in [2.05, 4.69) is 5.32 Å². The van der Waals surface area contributed by atoms with E-state index in [-0.39, 0.29) is 18.6 Å². The van der Waals surface area contributed by atoms with Gasteiger partial charge in [0.15, 0.2) is 6.61 Å². The van der Waals surface area contributed by atoms with Crippen LogP contribution in [0.2, 0.25) is 0 Å². The molecule has 6 heteroatoms. The molecule has 1 aromatic rings.